The predicted octanol–water partition coefficient (Wildman–Crippen LogP) is 6.79. The van der Waals surface area contributed by atoms with E-state index in [0.29, 0.717) is 17.2 Å². The van der Waals surface area contributed by atoms with Crippen molar-refractivity contribution in [2.45, 2.75) is 6.92 Å². The molecule has 0 atom stereocenters. The Balaban J connectivity index is 2.01. The van der Waals surface area contributed by atoms with E-state index < -0.39 is 0 Å². The second-order valence-electron chi connectivity index (χ2n) is 8.08. The smallest absolute Gasteiger partial charge is 0.203 e. The van der Waals surface area contributed by atoms with Crippen LogP contribution < -0.4 is 14.2 Å². The van der Waals surface area contributed by atoms with E-state index in [1.165, 1.54) is 0 Å². The van der Waals surface area contributed by atoms with Crippen molar-refractivity contribution in [1.82, 2.24) is 0 Å². The molecule has 1 aliphatic rings. The van der Waals surface area contributed by atoms with Gasteiger partial charge in [-0.1, -0.05) is 66.7 Å². The van der Waals surface area contributed by atoms with Gasteiger partial charge in [-0.2, -0.15) is 0 Å². The molecule has 3 aromatic carbocycles. The molecule has 3 aromatic rings. The summed E-state index contributed by atoms with van der Waals surface area (Å²) in [4.78, 5) is 11.9. The minimum atomic E-state index is -0.0188. The van der Waals surface area contributed by atoms with Crippen LogP contribution in [-0.4, -0.2) is 27.1 Å². The topological polar surface area (TPSA) is 44.8 Å². The number of allylic oxidation sites excluding steroid dienone is 7. The Morgan fingerprint density at radius 2 is 1.37 bits per heavy atom. The highest BCUT2D eigenvalue weighted by atomic mass is 16.5. The Kier molecular flexibility index (Phi) is 7.32. The quantitative estimate of drug-likeness (QED) is 0.344. The number of methoxy groups -OCH3 is 3. The molecule has 0 saturated carbocycles. The summed E-state index contributed by atoms with van der Waals surface area (Å²) in [5.74, 6) is 1.65. The summed E-state index contributed by atoms with van der Waals surface area (Å²) in [5, 5.41) is 0. The van der Waals surface area contributed by atoms with Crippen LogP contribution in [0.5, 0.6) is 17.2 Å². The van der Waals surface area contributed by atoms with Gasteiger partial charge in [-0.05, 0) is 76.3 Å². The van der Waals surface area contributed by atoms with E-state index >= 15 is 0 Å². The summed E-state index contributed by atoms with van der Waals surface area (Å²) in [6.07, 6.45) is 7.81. The highest BCUT2D eigenvalue weighted by Crippen LogP contribution is 2.47. The number of ether oxygens (including phenoxy) is 3. The molecule has 0 amide bonds. The fourth-order valence-corrected chi connectivity index (χ4v) is 4.21. The highest BCUT2D eigenvalue weighted by Gasteiger charge is 2.25. The molecule has 0 N–H and O–H groups in total. The van der Waals surface area contributed by atoms with Gasteiger partial charge in [0.1, 0.15) is 0 Å². The Labute approximate surface area is 206 Å². The number of benzene rings is 3. The van der Waals surface area contributed by atoms with Gasteiger partial charge in [-0.25, -0.2) is 0 Å². The zero-order valence-electron chi connectivity index (χ0n) is 20.4. The maximum Gasteiger partial charge on any atom is 0.203 e. The van der Waals surface area contributed by atoms with Crippen molar-refractivity contribution >= 4 is 23.0 Å². The fourth-order valence-electron chi connectivity index (χ4n) is 4.21. The first kappa shape index (κ1) is 23.8. The standard InChI is InChI=1S/C31H28O4/c1-21(32)15-16-26-27(24-19-28(33-2)31(35-4)29(20-24)34-3)18-25(17-22-11-7-5-8-12-22)30(26)23-13-9-6-10-14-23/h5-20H,1-4H3/b16-15+,25-17+. The first-order valence-electron chi connectivity index (χ1n) is 11.3. The lowest BCUT2D eigenvalue weighted by atomic mass is 9.93. The second kappa shape index (κ2) is 10.7. The molecule has 4 nitrogen and oxygen atoms in total. The van der Waals surface area contributed by atoms with Crippen molar-refractivity contribution in [2.75, 3.05) is 21.3 Å². The van der Waals surface area contributed by atoms with Gasteiger partial charge in [0.15, 0.2) is 17.3 Å². The molecular formula is C31H28O4. The van der Waals surface area contributed by atoms with E-state index in [2.05, 4.69) is 36.4 Å². The molecular weight excluding hydrogens is 436 g/mol. The molecule has 0 saturated heterocycles. The minimum Gasteiger partial charge on any atom is -0.493 e. The molecule has 35 heavy (non-hydrogen) atoms. The van der Waals surface area contributed by atoms with Gasteiger partial charge >= 0.3 is 0 Å². The van der Waals surface area contributed by atoms with Gasteiger partial charge in [0.05, 0.1) is 21.3 Å². The minimum absolute atomic E-state index is 0.0188. The van der Waals surface area contributed by atoms with E-state index in [1.807, 2.05) is 54.6 Å². The molecule has 4 rings (SSSR count). The van der Waals surface area contributed by atoms with Gasteiger partial charge in [0.2, 0.25) is 5.75 Å². The molecule has 0 aromatic heterocycles. The van der Waals surface area contributed by atoms with Crippen molar-refractivity contribution in [3.05, 3.63) is 119 Å². The van der Waals surface area contributed by atoms with Crippen LogP contribution in [-0.2, 0) is 4.79 Å². The van der Waals surface area contributed by atoms with E-state index in [0.717, 1.165) is 39.0 Å². The lowest BCUT2D eigenvalue weighted by Gasteiger charge is -2.15. The first-order chi connectivity index (χ1) is 17.0. The van der Waals surface area contributed by atoms with Crippen molar-refractivity contribution < 1.29 is 19.0 Å². The average Bonchev–Trinajstić information content (AvgIpc) is 3.25. The monoisotopic (exact) mass is 464 g/mol. The summed E-state index contributed by atoms with van der Waals surface area (Å²) in [7, 11) is 4.79. The molecule has 4 heteroatoms. The van der Waals surface area contributed by atoms with Crippen molar-refractivity contribution in [1.29, 1.82) is 0 Å². The molecule has 0 bridgehead atoms. The predicted molar refractivity (Wildman–Crippen MR) is 142 cm³/mol. The van der Waals surface area contributed by atoms with Crippen LogP contribution in [0.4, 0.5) is 0 Å². The lowest BCUT2D eigenvalue weighted by Crippen LogP contribution is -1.97. The van der Waals surface area contributed by atoms with Gasteiger partial charge in [-0.3, -0.25) is 4.79 Å². The number of carbonyl (C=O) groups is 1. The average molecular weight is 465 g/mol. The maximum atomic E-state index is 11.9. The zero-order valence-corrected chi connectivity index (χ0v) is 20.4. The van der Waals surface area contributed by atoms with Crippen LogP contribution in [0.15, 0.2) is 102 Å². The Bertz CT molecular complexity index is 1320. The molecule has 0 unspecified atom stereocenters. The van der Waals surface area contributed by atoms with E-state index in [9.17, 15) is 4.79 Å². The van der Waals surface area contributed by atoms with Crippen molar-refractivity contribution in [3.63, 3.8) is 0 Å². The summed E-state index contributed by atoms with van der Waals surface area (Å²) < 4.78 is 16.7. The Hall–Kier alpha value is -4.31. The van der Waals surface area contributed by atoms with Gasteiger partial charge < -0.3 is 14.2 Å². The first-order valence-corrected chi connectivity index (χ1v) is 11.3. The van der Waals surface area contributed by atoms with Gasteiger partial charge in [-0.15, -0.1) is 0 Å². The summed E-state index contributed by atoms with van der Waals surface area (Å²) in [6.45, 7) is 1.55. The third-order valence-electron chi connectivity index (χ3n) is 5.79. The lowest BCUT2D eigenvalue weighted by molar-refractivity contribution is -0.112. The van der Waals surface area contributed by atoms with Crippen LogP contribution in [0.1, 0.15) is 23.6 Å². The molecule has 0 spiro atoms. The maximum absolute atomic E-state index is 11.9. The van der Waals surface area contributed by atoms with Crippen LogP contribution in [0.2, 0.25) is 0 Å². The summed E-state index contributed by atoms with van der Waals surface area (Å²) in [6, 6.07) is 24.3. The fraction of sp³-hybridized carbons (Fsp3) is 0.129. The van der Waals surface area contributed by atoms with Crippen molar-refractivity contribution in [3.8, 4) is 17.2 Å². The van der Waals surface area contributed by atoms with Crippen LogP contribution in [0.25, 0.3) is 17.2 Å². The van der Waals surface area contributed by atoms with Gasteiger partial charge in [0, 0.05) is 0 Å². The van der Waals surface area contributed by atoms with E-state index in [1.54, 1.807) is 34.3 Å². The third-order valence-corrected chi connectivity index (χ3v) is 5.79. The Morgan fingerprint density at radius 3 is 1.91 bits per heavy atom. The number of carbonyl (C=O) groups excluding carboxylic acids is 1. The van der Waals surface area contributed by atoms with Gasteiger partial charge in [0.25, 0.3) is 0 Å². The molecule has 1 aliphatic carbocycles. The van der Waals surface area contributed by atoms with Crippen LogP contribution >= 0.6 is 0 Å². The third kappa shape index (κ3) is 5.12. The second-order valence-corrected chi connectivity index (χ2v) is 8.08. The van der Waals surface area contributed by atoms with E-state index in [4.69, 9.17) is 14.2 Å². The van der Waals surface area contributed by atoms with Crippen LogP contribution in [0.3, 0.4) is 0 Å². The molecule has 0 radical (unpaired) electrons. The van der Waals surface area contributed by atoms with Crippen LogP contribution in [0, 0.1) is 0 Å². The number of hydrogen-bond acceptors (Lipinski definition) is 4. The summed E-state index contributed by atoms with van der Waals surface area (Å²) >= 11 is 0. The zero-order chi connectivity index (χ0) is 24.8. The number of ketones is 1. The number of rotatable bonds is 8. The van der Waals surface area contributed by atoms with Crippen molar-refractivity contribution in [2.24, 2.45) is 0 Å². The Morgan fingerprint density at radius 1 is 0.771 bits per heavy atom. The van der Waals surface area contributed by atoms with E-state index in [-0.39, 0.29) is 5.78 Å². The molecule has 176 valence electrons. The normalized spacial score (nSPS) is 14.4. The molecule has 0 fully saturated rings. The SMILES string of the molecule is COc1cc(C2=C/C(=C\c3ccccc3)C(c3ccccc3)=C2/C=C/C(C)=O)cc(OC)c1OC. The largest absolute Gasteiger partial charge is 0.493 e. The molecule has 0 aliphatic heterocycles. The molecule has 0 heterocycles. The number of hydrogen-bond donors (Lipinski definition) is 0. The summed E-state index contributed by atoms with van der Waals surface area (Å²) in [5.41, 5.74) is 7.06. The highest BCUT2D eigenvalue weighted by molar-refractivity contribution is 6.08.